The average Bonchev–Trinajstić information content (AvgIpc) is 2.78. The van der Waals surface area contributed by atoms with E-state index in [1.54, 1.807) is 48.5 Å². The molecule has 4 aromatic carbocycles. The van der Waals surface area contributed by atoms with Gasteiger partial charge in [0.2, 0.25) is 0 Å². The van der Waals surface area contributed by atoms with Crippen LogP contribution >= 0.6 is 0 Å². The number of rotatable bonds is 4. The van der Waals surface area contributed by atoms with Crippen LogP contribution in [0.2, 0.25) is 0 Å². The van der Waals surface area contributed by atoms with E-state index < -0.39 is 10.0 Å². The predicted octanol–water partition coefficient (Wildman–Crippen LogP) is 5.17. The van der Waals surface area contributed by atoms with Gasteiger partial charge in [0.1, 0.15) is 5.82 Å². The Bertz CT molecular complexity index is 1430. The van der Waals surface area contributed by atoms with Gasteiger partial charge in [-0.3, -0.25) is 9.71 Å². The normalized spacial score (nSPS) is 13.5. The van der Waals surface area contributed by atoms with Crippen molar-refractivity contribution in [3.8, 4) is 0 Å². The SMILES string of the molecule is O=S(=O)(Nc1ccc(C2=NCCc3ccc(F)cc32)cc1)c1ccc2ccccc2c1. The fraction of sp³-hybridized carbons (Fsp3) is 0.0800. The van der Waals surface area contributed by atoms with Gasteiger partial charge in [-0.25, -0.2) is 12.8 Å². The van der Waals surface area contributed by atoms with Gasteiger partial charge in [0.05, 0.1) is 10.6 Å². The number of nitrogens with one attached hydrogen (secondary N) is 1. The first kappa shape index (κ1) is 19.5. The van der Waals surface area contributed by atoms with Gasteiger partial charge >= 0.3 is 0 Å². The first-order valence-corrected chi connectivity index (χ1v) is 11.4. The van der Waals surface area contributed by atoms with Crippen LogP contribution < -0.4 is 4.72 Å². The summed E-state index contributed by atoms with van der Waals surface area (Å²) in [6.07, 6.45) is 0.781. The van der Waals surface area contributed by atoms with E-state index in [0.29, 0.717) is 12.2 Å². The number of hydrogen-bond donors (Lipinski definition) is 1. The summed E-state index contributed by atoms with van der Waals surface area (Å²) >= 11 is 0. The molecule has 0 unspecified atom stereocenters. The van der Waals surface area contributed by atoms with Gasteiger partial charge in [0.15, 0.2) is 0 Å². The summed E-state index contributed by atoms with van der Waals surface area (Å²) in [5.74, 6) is -0.298. The molecule has 0 spiro atoms. The third kappa shape index (κ3) is 3.82. The number of nitrogens with zero attached hydrogens (tertiary/aromatic N) is 1. The minimum Gasteiger partial charge on any atom is -0.284 e. The van der Waals surface area contributed by atoms with Crippen molar-refractivity contribution in [3.05, 3.63) is 107 Å². The van der Waals surface area contributed by atoms with E-state index in [0.717, 1.165) is 39.6 Å². The number of sulfonamides is 1. The zero-order valence-corrected chi connectivity index (χ0v) is 17.4. The maximum atomic E-state index is 13.8. The molecule has 154 valence electrons. The highest BCUT2D eigenvalue weighted by Crippen LogP contribution is 2.24. The second kappa shape index (κ2) is 7.63. The molecule has 1 heterocycles. The van der Waals surface area contributed by atoms with Crippen LogP contribution in [0.1, 0.15) is 16.7 Å². The number of hydrogen-bond acceptors (Lipinski definition) is 3. The Hall–Kier alpha value is -3.51. The molecule has 0 radical (unpaired) electrons. The largest absolute Gasteiger partial charge is 0.284 e. The molecule has 1 aliphatic rings. The molecule has 0 saturated carbocycles. The van der Waals surface area contributed by atoms with Gasteiger partial charge in [-0.15, -0.1) is 0 Å². The highest BCUT2D eigenvalue weighted by Gasteiger charge is 2.18. The van der Waals surface area contributed by atoms with Crippen LogP contribution in [0.3, 0.4) is 0 Å². The smallest absolute Gasteiger partial charge is 0.261 e. The fourth-order valence-corrected chi connectivity index (χ4v) is 4.95. The van der Waals surface area contributed by atoms with Crippen LogP contribution in [-0.4, -0.2) is 20.7 Å². The van der Waals surface area contributed by atoms with Crippen molar-refractivity contribution in [2.75, 3.05) is 11.3 Å². The van der Waals surface area contributed by atoms with Crippen molar-refractivity contribution < 1.29 is 12.8 Å². The lowest BCUT2D eigenvalue weighted by molar-refractivity contribution is 0.601. The van der Waals surface area contributed by atoms with Crippen molar-refractivity contribution in [2.24, 2.45) is 4.99 Å². The van der Waals surface area contributed by atoms with E-state index in [1.165, 1.54) is 12.1 Å². The number of halogens is 1. The molecule has 0 aliphatic carbocycles. The first-order valence-electron chi connectivity index (χ1n) is 9.95. The third-order valence-corrected chi connectivity index (χ3v) is 6.80. The van der Waals surface area contributed by atoms with Gasteiger partial charge in [-0.1, -0.05) is 48.5 Å². The summed E-state index contributed by atoms with van der Waals surface area (Å²) in [5, 5.41) is 1.85. The Morgan fingerprint density at radius 2 is 1.61 bits per heavy atom. The maximum absolute atomic E-state index is 13.8. The average molecular weight is 431 g/mol. The second-order valence-corrected chi connectivity index (χ2v) is 9.16. The molecule has 0 saturated heterocycles. The van der Waals surface area contributed by atoms with Crippen LogP contribution in [0.25, 0.3) is 10.8 Å². The van der Waals surface area contributed by atoms with Gasteiger partial charge in [0.25, 0.3) is 10.0 Å². The van der Waals surface area contributed by atoms with Crippen molar-refractivity contribution >= 4 is 32.2 Å². The predicted molar refractivity (Wildman–Crippen MR) is 122 cm³/mol. The molecule has 31 heavy (non-hydrogen) atoms. The Morgan fingerprint density at radius 3 is 2.42 bits per heavy atom. The minimum atomic E-state index is -3.73. The van der Waals surface area contributed by atoms with E-state index in [-0.39, 0.29) is 10.7 Å². The van der Waals surface area contributed by atoms with Crippen molar-refractivity contribution in [3.63, 3.8) is 0 Å². The van der Waals surface area contributed by atoms with E-state index in [1.807, 2.05) is 24.3 Å². The van der Waals surface area contributed by atoms with Crippen molar-refractivity contribution in [1.82, 2.24) is 0 Å². The summed E-state index contributed by atoms with van der Waals surface area (Å²) in [6, 6.07) is 24.4. The van der Waals surface area contributed by atoms with Gasteiger partial charge < -0.3 is 0 Å². The summed E-state index contributed by atoms with van der Waals surface area (Å²) in [7, 11) is -3.73. The first-order chi connectivity index (χ1) is 15.0. The van der Waals surface area contributed by atoms with E-state index in [9.17, 15) is 12.8 Å². The molecule has 0 fully saturated rings. The highest BCUT2D eigenvalue weighted by atomic mass is 32.2. The number of benzene rings is 4. The third-order valence-electron chi connectivity index (χ3n) is 5.42. The molecule has 0 amide bonds. The summed E-state index contributed by atoms with van der Waals surface area (Å²) < 4.78 is 42.1. The standard InChI is InChI=1S/C25H19FN2O2S/c26-21-9-5-18-13-14-27-25(24(18)16-21)19-6-10-22(11-7-19)28-31(29,30)23-12-8-17-3-1-2-4-20(17)15-23/h1-12,15-16,28H,13-14H2. The molecule has 0 aromatic heterocycles. The number of aliphatic imine (C=N–C) groups is 1. The second-order valence-electron chi connectivity index (χ2n) is 7.47. The van der Waals surface area contributed by atoms with Gasteiger partial charge in [-0.2, -0.15) is 0 Å². The van der Waals surface area contributed by atoms with Gasteiger partial charge in [-0.05, 0) is 59.2 Å². The van der Waals surface area contributed by atoms with Crippen LogP contribution in [-0.2, 0) is 16.4 Å². The lowest BCUT2D eigenvalue weighted by Gasteiger charge is -2.17. The Kier molecular flexibility index (Phi) is 4.79. The van der Waals surface area contributed by atoms with Crippen LogP contribution in [0, 0.1) is 5.82 Å². The summed E-state index contributed by atoms with van der Waals surface area (Å²) in [5.41, 5.74) is 3.85. The summed E-state index contributed by atoms with van der Waals surface area (Å²) in [4.78, 5) is 4.78. The van der Waals surface area contributed by atoms with Crippen LogP contribution in [0.4, 0.5) is 10.1 Å². The van der Waals surface area contributed by atoms with Crippen LogP contribution in [0.5, 0.6) is 0 Å². The molecule has 1 N–H and O–H groups in total. The van der Waals surface area contributed by atoms with Gasteiger partial charge in [0, 0.05) is 23.4 Å². The number of fused-ring (bicyclic) bond motifs is 2. The monoisotopic (exact) mass is 430 g/mol. The van der Waals surface area contributed by atoms with Crippen molar-refractivity contribution in [2.45, 2.75) is 11.3 Å². The van der Waals surface area contributed by atoms with E-state index in [4.69, 9.17) is 0 Å². The summed E-state index contributed by atoms with van der Waals surface area (Å²) in [6.45, 7) is 0.643. The molecule has 5 rings (SSSR count). The zero-order valence-electron chi connectivity index (χ0n) is 16.5. The maximum Gasteiger partial charge on any atom is 0.261 e. The quantitative estimate of drug-likeness (QED) is 0.485. The highest BCUT2D eigenvalue weighted by molar-refractivity contribution is 7.92. The molecule has 0 bridgehead atoms. The molecule has 0 atom stereocenters. The minimum absolute atomic E-state index is 0.205. The molecule has 4 aromatic rings. The Morgan fingerprint density at radius 1 is 0.839 bits per heavy atom. The molecule has 4 nitrogen and oxygen atoms in total. The Labute approximate surface area is 180 Å². The Balaban J connectivity index is 1.41. The van der Waals surface area contributed by atoms with E-state index in [2.05, 4.69) is 9.71 Å². The van der Waals surface area contributed by atoms with Crippen LogP contribution in [0.15, 0.2) is 94.8 Å². The molecular formula is C25H19FN2O2S. The zero-order chi connectivity index (χ0) is 21.4. The number of anilines is 1. The lowest BCUT2D eigenvalue weighted by Crippen LogP contribution is -2.15. The lowest BCUT2D eigenvalue weighted by atomic mass is 9.93. The molecular weight excluding hydrogens is 411 g/mol. The molecule has 1 aliphatic heterocycles. The topological polar surface area (TPSA) is 58.5 Å². The van der Waals surface area contributed by atoms with E-state index >= 15 is 0 Å². The molecule has 6 heteroatoms. The van der Waals surface area contributed by atoms with Crippen molar-refractivity contribution in [1.29, 1.82) is 0 Å². The fourth-order valence-electron chi connectivity index (χ4n) is 3.85.